The molecule has 0 saturated heterocycles. The lowest BCUT2D eigenvalue weighted by molar-refractivity contribution is -0.137. The van der Waals surface area contributed by atoms with Crippen molar-refractivity contribution in [3.8, 4) is 18.2 Å². The lowest BCUT2D eigenvalue weighted by Crippen LogP contribution is -1.98. The number of hydrogen-bond acceptors (Lipinski definition) is 4. The van der Waals surface area contributed by atoms with Crippen molar-refractivity contribution in [2.24, 2.45) is 0 Å². The number of fused-ring (bicyclic) bond motifs is 2. The first-order valence-electron chi connectivity index (χ1n) is 10.2. The van der Waals surface area contributed by atoms with Crippen LogP contribution in [0.5, 0.6) is 0 Å². The second-order valence-corrected chi connectivity index (χ2v) is 7.84. The van der Waals surface area contributed by atoms with Crippen LogP contribution in [0.4, 0.5) is 0 Å². The molecule has 0 aromatic heterocycles. The van der Waals surface area contributed by atoms with Gasteiger partial charge in [-0.25, -0.2) is 0 Å². The summed E-state index contributed by atoms with van der Waals surface area (Å²) in [5.74, 6) is -0.838. The third-order valence-electron chi connectivity index (χ3n) is 6.19. The van der Waals surface area contributed by atoms with Crippen LogP contribution in [0.2, 0.25) is 0 Å². The summed E-state index contributed by atoms with van der Waals surface area (Å²) in [5.41, 5.74) is 2.42. The minimum absolute atomic E-state index is 0.0703. The van der Waals surface area contributed by atoms with Gasteiger partial charge >= 0.3 is 5.97 Å². The summed E-state index contributed by atoms with van der Waals surface area (Å²) >= 11 is 0. The van der Waals surface area contributed by atoms with Gasteiger partial charge in [0.1, 0.15) is 0 Å². The summed E-state index contributed by atoms with van der Waals surface area (Å²) in [4.78, 5) is 11.0. The minimum atomic E-state index is -0.838. The molecule has 0 bridgehead atoms. The van der Waals surface area contributed by atoms with Gasteiger partial charge < -0.3 is 5.11 Å². The monoisotopic (exact) mass is 413 g/mol. The number of benzene rings is 5. The normalized spacial score (nSPS) is 11.0. The smallest absolute Gasteiger partial charge is 0.303 e. The molecule has 0 aliphatic heterocycles. The van der Waals surface area contributed by atoms with Crippen LogP contribution in [0.3, 0.4) is 0 Å². The highest BCUT2D eigenvalue weighted by atomic mass is 16.4. The molecule has 5 aromatic rings. The van der Waals surface area contributed by atoms with Gasteiger partial charge in [0.25, 0.3) is 0 Å². The molecule has 0 atom stereocenters. The highest BCUT2D eigenvalue weighted by Crippen LogP contribution is 2.43. The quantitative estimate of drug-likeness (QED) is 0.298. The Labute approximate surface area is 183 Å². The van der Waals surface area contributed by atoms with Crippen molar-refractivity contribution >= 4 is 49.1 Å². The number of carboxylic acids is 1. The predicted molar refractivity (Wildman–Crippen MR) is 122 cm³/mol. The van der Waals surface area contributed by atoms with Gasteiger partial charge in [0.05, 0.1) is 34.9 Å². The molecule has 5 nitrogen and oxygen atoms in total. The van der Waals surface area contributed by atoms with E-state index in [9.17, 15) is 20.6 Å². The number of carbonyl (C=O) groups is 1. The predicted octanol–water partition coefficient (Wildman–Crippen LogP) is 5.76. The van der Waals surface area contributed by atoms with Crippen LogP contribution in [0, 0.1) is 34.0 Å². The van der Waals surface area contributed by atoms with Gasteiger partial charge in [0.2, 0.25) is 0 Å². The molecule has 5 rings (SSSR count). The number of hydrogen-bond donors (Lipinski definition) is 1. The zero-order valence-corrected chi connectivity index (χ0v) is 16.9. The number of aryl methyl sites for hydroxylation is 1. The summed E-state index contributed by atoms with van der Waals surface area (Å²) < 4.78 is 0. The summed E-state index contributed by atoms with van der Waals surface area (Å²) in [5, 5.41) is 45.3. The van der Waals surface area contributed by atoms with Crippen LogP contribution in [0.15, 0.2) is 48.5 Å². The topological polar surface area (TPSA) is 109 Å². The van der Waals surface area contributed by atoms with Crippen molar-refractivity contribution in [1.82, 2.24) is 0 Å². The maximum absolute atomic E-state index is 11.0. The fourth-order valence-corrected chi connectivity index (χ4v) is 4.88. The van der Waals surface area contributed by atoms with Crippen LogP contribution in [-0.2, 0) is 11.2 Å². The second kappa shape index (κ2) is 7.24. The number of aliphatic carboxylic acids is 1. The molecule has 0 fully saturated rings. The lowest BCUT2D eigenvalue weighted by Gasteiger charge is -2.18. The van der Waals surface area contributed by atoms with Crippen molar-refractivity contribution in [3.05, 3.63) is 70.8 Å². The first kappa shape index (κ1) is 19.3. The number of nitriles is 3. The van der Waals surface area contributed by atoms with Crippen molar-refractivity contribution in [2.75, 3.05) is 0 Å². The zero-order chi connectivity index (χ0) is 22.4. The molecule has 0 unspecified atom stereocenters. The van der Waals surface area contributed by atoms with Gasteiger partial charge in [-0.1, -0.05) is 30.3 Å². The molecule has 5 heteroatoms. The molecule has 0 radical (unpaired) electrons. The van der Waals surface area contributed by atoms with E-state index in [2.05, 4.69) is 18.2 Å². The Hall–Kier alpha value is -4.66. The number of nitrogens with zero attached hydrogens (tertiary/aromatic N) is 3. The molecule has 150 valence electrons. The van der Waals surface area contributed by atoms with Crippen molar-refractivity contribution in [3.63, 3.8) is 0 Å². The maximum Gasteiger partial charge on any atom is 0.303 e. The lowest BCUT2D eigenvalue weighted by atomic mass is 9.84. The second-order valence-electron chi connectivity index (χ2n) is 7.84. The number of rotatable bonds is 4. The van der Waals surface area contributed by atoms with E-state index in [1.165, 1.54) is 0 Å². The Bertz CT molecular complexity index is 1640. The standard InChI is InChI=1S/C27H15N3O2/c28-12-16-5-9-20-22-11-7-18(14-30)25-17(13-29)6-10-21(27(22)25)19-8-4-15(24(16)26(19)20)2-1-3-23(31)32/h4-11H,1-3H2,(H,31,32). The van der Waals surface area contributed by atoms with E-state index >= 15 is 0 Å². The summed E-state index contributed by atoms with van der Waals surface area (Å²) in [7, 11) is 0. The van der Waals surface area contributed by atoms with E-state index in [-0.39, 0.29) is 6.42 Å². The van der Waals surface area contributed by atoms with Gasteiger partial charge in [-0.3, -0.25) is 4.79 Å². The molecular weight excluding hydrogens is 398 g/mol. The zero-order valence-electron chi connectivity index (χ0n) is 16.9. The Morgan fingerprint density at radius 1 is 0.656 bits per heavy atom. The van der Waals surface area contributed by atoms with Gasteiger partial charge in [0.15, 0.2) is 0 Å². The van der Waals surface area contributed by atoms with Gasteiger partial charge in [0, 0.05) is 22.6 Å². The summed E-state index contributed by atoms with van der Waals surface area (Å²) in [6.07, 6.45) is 1.12. The fraction of sp³-hybridized carbons (Fsp3) is 0.111. The summed E-state index contributed by atoms with van der Waals surface area (Å²) in [6, 6.07) is 21.7. The van der Waals surface area contributed by atoms with E-state index in [0.29, 0.717) is 34.9 Å². The van der Waals surface area contributed by atoms with E-state index in [1.807, 2.05) is 30.3 Å². The molecule has 0 amide bonds. The summed E-state index contributed by atoms with van der Waals surface area (Å²) in [6.45, 7) is 0. The van der Waals surface area contributed by atoms with E-state index < -0.39 is 5.97 Å². The molecule has 0 aliphatic rings. The first-order chi connectivity index (χ1) is 15.6. The van der Waals surface area contributed by atoms with Crippen LogP contribution >= 0.6 is 0 Å². The molecule has 1 N–H and O–H groups in total. The van der Waals surface area contributed by atoms with Crippen LogP contribution in [0.1, 0.15) is 35.1 Å². The van der Waals surface area contributed by atoms with Crippen molar-refractivity contribution < 1.29 is 9.90 Å². The van der Waals surface area contributed by atoms with Crippen LogP contribution in [-0.4, -0.2) is 11.1 Å². The van der Waals surface area contributed by atoms with Gasteiger partial charge in [-0.05, 0) is 63.5 Å². The third kappa shape index (κ3) is 2.64. The Morgan fingerprint density at radius 3 is 1.56 bits per heavy atom. The van der Waals surface area contributed by atoms with E-state index in [4.69, 9.17) is 5.11 Å². The molecular formula is C27H15N3O2. The van der Waals surface area contributed by atoms with E-state index in [0.717, 1.165) is 43.3 Å². The highest BCUT2D eigenvalue weighted by Gasteiger charge is 2.19. The van der Waals surface area contributed by atoms with Crippen molar-refractivity contribution in [2.45, 2.75) is 19.3 Å². The molecule has 5 aromatic carbocycles. The molecule has 0 spiro atoms. The first-order valence-corrected chi connectivity index (χ1v) is 10.2. The Balaban J connectivity index is 1.97. The maximum atomic E-state index is 11.0. The average molecular weight is 413 g/mol. The Morgan fingerprint density at radius 2 is 1.09 bits per heavy atom. The molecule has 0 heterocycles. The third-order valence-corrected chi connectivity index (χ3v) is 6.19. The SMILES string of the molecule is N#Cc1ccc2c3ccc(C#N)c4c(CCCC(=O)O)ccc(c5ccc(C#N)c1c25)c43. The number of carboxylic acid groups (broad SMARTS) is 1. The molecule has 0 saturated carbocycles. The largest absolute Gasteiger partial charge is 0.481 e. The Kier molecular flexibility index (Phi) is 4.37. The molecule has 0 aliphatic carbocycles. The van der Waals surface area contributed by atoms with Crippen molar-refractivity contribution in [1.29, 1.82) is 15.8 Å². The highest BCUT2D eigenvalue weighted by molar-refractivity contribution is 6.34. The van der Waals surface area contributed by atoms with E-state index in [1.54, 1.807) is 18.2 Å². The van der Waals surface area contributed by atoms with Crippen LogP contribution < -0.4 is 0 Å². The molecule has 32 heavy (non-hydrogen) atoms. The van der Waals surface area contributed by atoms with Gasteiger partial charge in [-0.2, -0.15) is 15.8 Å². The van der Waals surface area contributed by atoms with Crippen LogP contribution in [0.25, 0.3) is 43.1 Å². The minimum Gasteiger partial charge on any atom is -0.481 e. The fourth-order valence-electron chi connectivity index (χ4n) is 4.88. The average Bonchev–Trinajstić information content (AvgIpc) is 2.81. The van der Waals surface area contributed by atoms with Gasteiger partial charge in [-0.15, -0.1) is 0 Å².